The van der Waals surface area contributed by atoms with E-state index in [1.54, 1.807) is 13.8 Å². The van der Waals surface area contributed by atoms with Crippen LogP contribution in [-0.2, 0) is 4.79 Å². The van der Waals surface area contributed by atoms with Crippen molar-refractivity contribution in [2.24, 2.45) is 0 Å². The molecule has 0 bridgehead atoms. The van der Waals surface area contributed by atoms with Crippen LogP contribution in [0.2, 0.25) is 0 Å². The Balaban J connectivity index is 0. The van der Waals surface area contributed by atoms with Crippen LogP contribution in [-0.4, -0.2) is 68.2 Å². The Bertz CT molecular complexity index is 241. The Hall–Kier alpha value is 1.22. The second-order valence-electron chi connectivity index (χ2n) is 2.71. The van der Waals surface area contributed by atoms with Crippen LogP contribution in [0.3, 0.4) is 0 Å². The van der Waals surface area contributed by atoms with Crippen LogP contribution in [0.4, 0.5) is 4.79 Å². The third-order valence-corrected chi connectivity index (χ3v) is 3.02. The second kappa shape index (κ2) is 6.73. The molecule has 3 amide bonds. The molecule has 0 saturated carbocycles. The van der Waals surface area contributed by atoms with Crippen LogP contribution in [0.25, 0.3) is 0 Å². The topological polar surface area (TPSA) is 60.9 Å². The van der Waals surface area contributed by atoms with Gasteiger partial charge in [-0.05, 0) is 13.8 Å². The third-order valence-electron chi connectivity index (χ3n) is 1.53. The summed E-state index contributed by atoms with van der Waals surface area (Å²) in [4.78, 5) is 22.1. The summed E-state index contributed by atoms with van der Waals surface area (Å²) in [6.07, 6.45) is 0. The van der Waals surface area contributed by atoms with Gasteiger partial charge in [0.2, 0.25) is 0 Å². The number of carbonyl (C=O) groups is 2. The predicted molar refractivity (Wildman–Crippen MR) is 59.6 cm³/mol. The molecule has 14 heavy (non-hydrogen) atoms. The van der Waals surface area contributed by atoms with Crippen LogP contribution in [0.15, 0.2) is 0 Å². The van der Waals surface area contributed by atoms with Gasteiger partial charge >= 0.3 is 43.8 Å². The molecule has 80 valence electrons. The van der Waals surface area contributed by atoms with E-state index < -0.39 is 17.5 Å². The minimum absolute atomic E-state index is 0. The molecule has 0 aromatic heterocycles. The van der Waals surface area contributed by atoms with E-state index >= 15 is 0 Å². The summed E-state index contributed by atoms with van der Waals surface area (Å²) in [5, 5.41) is 0. The van der Waals surface area contributed by atoms with Gasteiger partial charge in [0.25, 0.3) is 5.91 Å². The van der Waals surface area contributed by atoms with Crippen molar-refractivity contribution in [1.29, 1.82) is 0 Å². The van der Waals surface area contributed by atoms with Crippen LogP contribution in [0, 0.1) is 0 Å². The first-order valence-corrected chi connectivity index (χ1v) is 4.45. The Morgan fingerprint density at radius 1 is 1.36 bits per heavy atom. The van der Waals surface area contributed by atoms with Gasteiger partial charge in [0.15, 0.2) is 0 Å². The van der Waals surface area contributed by atoms with Crippen LogP contribution >= 0.6 is 39.8 Å². The molecular formula is C5H9BrCaCl2N2O3. The molecule has 1 saturated heterocycles. The number of hydrogen-bond acceptors (Lipinski definition) is 3. The molecule has 1 aliphatic rings. The molecule has 0 atom stereocenters. The number of imide groups is 1. The number of halogens is 3. The SMILES string of the molecule is CC1(C)C(=O)N(Cl)C(=O)N1Br.OCl.[CaH2]. The monoisotopic (exact) mass is 334 g/mol. The maximum absolute atomic E-state index is 11.1. The van der Waals surface area contributed by atoms with E-state index in [2.05, 4.69) is 28.0 Å². The first-order chi connectivity index (χ1) is 5.89. The quantitative estimate of drug-likeness (QED) is 0.403. The van der Waals surface area contributed by atoms with E-state index in [1.807, 2.05) is 0 Å². The van der Waals surface area contributed by atoms with Crippen molar-refractivity contribution in [3.63, 3.8) is 0 Å². The van der Waals surface area contributed by atoms with Gasteiger partial charge in [-0.3, -0.25) is 9.45 Å². The summed E-state index contributed by atoms with van der Waals surface area (Å²) in [7, 11) is 0. The normalized spacial score (nSPS) is 18.7. The molecule has 0 aliphatic carbocycles. The number of hydrogen-bond donors (Lipinski definition) is 1. The molecule has 0 unspecified atom stereocenters. The zero-order valence-corrected chi connectivity index (χ0v) is 9.89. The molecule has 0 spiro atoms. The van der Waals surface area contributed by atoms with Gasteiger partial charge < -0.3 is 0 Å². The molecule has 1 N–H and O–H groups in total. The number of rotatable bonds is 0. The van der Waals surface area contributed by atoms with Crippen LogP contribution < -0.4 is 0 Å². The molecular weight excluding hydrogens is 327 g/mol. The van der Waals surface area contributed by atoms with Gasteiger partial charge in [-0.2, -0.15) is 4.42 Å². The summed E-state index contributed by atoms with van der Waals surface area (Å²) < 4.78 is 8.16. The minimum atomic E-state index is -0.890. The molecule has 5 nitrogen and oxygen atoms in total. The molecule has 0 aromatic carbocycles. The van der Waals surface area contributed by atoms with Gasteiger partial charge in [0.05, 0.1) is 28.0 Å². The first-order valence-electron chi connectivity index (χ1n) is 3.06. The van der Waals surface area contributed by atoms with Crippen LogP contribution in [0.5, 0.6) is 0 Å². The summed E-state index contributed by atoms with van der Waals surface area (Å²) in [5.41, 5.74) is -0.890. The van der Waals surface area contributed by atoms with Crippen molar-refractivity contribution in [2.45, 2.75) is 19.4 Å². The Morgan fingerprint density at radius 2 is 1.71 bits per heavy atom. The van der Waals surface area contributed by atoms with Gasteiger partial charge in [-0.25, -0.2) is 8.72 Å². The molecule has 1 heterocycles. The molecule has 1 fully saturated rings. The Morgan fingerprint density at radius 3 is 1.79 bits per heavy atom. The Kier molecular flexibility index (Phi) is 8.46. The van der Waals surface area contributed by atoms with Crippen molar-refractivity contribution in [3.8, 4) is 0 Å². The first kappa shape index (κ1) is 17.6. The summed E-state index contributed by atoms with van der Waals surface area (Å²) in [6.45, 7) is 3.20. The van der Waals surface area contributed by atoms with Gasteiger partial charge in [-0.15, -0.1) is 0 Å². The fraction of sp³-hybridized carbons (Fsp3) is 0.600. The summed E-state index contributed by atoms with van der Waals surface area (Å²) >= 11 is 11.9. The van der Waals surface area contributed by atoms with Crippen LogP contribution in [0.1, 0.15) is 13.8 Å². The van der Waals surface area contributed by atoms with Crippen molar-refractivity contribution < 1.29 is 14.2 Å². The molecule has 1 aliphatic heterocycles. The summed E-state index contributed by atoms with van der Waals surface area (Å²) in [5.74, 6) is -0.430. The van der Waals surface area contributed by atoms with Crippen molar-refractivity contribution in [1.82, 2.24) is 8.34 Å². The number of urea groups is 1. The van der Waals surface area contributed by atoms with E-state index in [4.69, 9.17) is 16.4 Å². The molecule has 1 rings (SSSR count). The summed E-state index contributed by atoms with van der Waals surface area (Å²) in [6, 6.07) is -0.554. The molecule has 0 radical (unpaired) electrons. The fourth-order valence-corrected chi connectivity index (χ4v) is 1.41. The third kappa shape index (κ3) is 3.10. The zero-order valence-electron chi connectivity index (χ0n) is 6.79. The average molecular weight is 336 g/mol. The number of amides is 3. The fourth-order valence-electron chi connectivity index (χ4n) is 0.727. The Labute approximate surface area is 130 Å². The van der Waals surface area contributed by atoms with Gasteiger partial charge in [-0.1, -0.05) is 0 Å². The van der Waals surface area contributed by atoms with E-state index in [0.717, 1.165) is 3.93 Å². The predicted octanol–water partition coefficient (Wildman–Crippen LogP) is 0.709. The average Bonchev–Trinajstić information content (AvgIpc) is 2.25. The van der Waals surface area contributed by atoms with Crippen molar-refractivity contribution >= 4 is 89.5 Å². The zero-order chi connectivity index (χ0) is 10.8. The number of nitrogens with zero attached hydrogens (tertiary/aromatic N) is 2. The van der Waals surface area contributed by atoms with E-state index in [1.165, 1.54) is 0 Å². The molecule has 9 heteroatoms. The maximum atomic E-state index is 11.1. The van der Waals surface area contributed by atoms with E-state index in [-0.39, 0.29) is 37.7 Å². The van der Waals surface area contributed by atoms with E-state index in [0.29, 0.717) is 4.42 Å². The van der Waals surface area contributed by atoms with E-state index in [9.17, 15) is 9.59 Å². The van der Waals surface area contributed by atoms with Gasteiger partial charge in [0.1, 0.15) is 5.54 Å². The second-order valence-corrected chi connectivity index (χ2v) is 3.76. The standard InChI is InChI=1S/C5H6BrClN2O2.Ca.ClHO.2H/c1-5(2)3(10)8(7)4(11)9(5)6;;1-2;;/h1-2H3;;2H;;. The van der Waals surface area contributed by atoms with Crippen molar-refractivity contribution in [2.75, 3.05) is 0 Å². The van der Waals surface area contributed by atoms with Gasteiger partial charge in [0, 0.05) is 11.8 Å². The molecule has 0 aromatic rings. The number of carbonyl (C=O) groups excluding carboxylic acids is 2. The van der Waals surface area contributed by atoms with Crippen molar-refractivity contribution in [3.05, 3.63) is 0 Å².